The Morgan fingerprint density at radius 2 is 1.74 bits per heavy atom. The zero-order valence-corrected chi connectivity index (χ0v) is 14.3. The monoisotopic (exact) mass is 311 g/mol. The molecule has 2 rings (SSSR count). The quantitative estimate of drug-likeness (QED) is 0.882. The second-order valence-corrected chi connectivity index (χ2v) is 6.19. The van der Waals surface area contributed by atoms with Gasteiger partial charge >= 0.3 is 0 Å². The molecule has 1 atom stereocenters. The van der Waals surface area contributed by atoms with Crippen LogP contribution in [0.15, 0.2) is 42.5 Å². The van der Waals surface area contributed by atoms with Crippen LogP contribution in [0.4, 0.5) is 0 Å². The molecule has 2 aromatic carbocycles. The van der Waals surface area contributed by atoms with Crippen molar-refractivity contribution in [3.8, 4) is 5.75 Å². The van der Waals surface area contributed by atoms with Crippen molar-refractivity contribution >= 4 is 5.91 Å². The number of carbonyl (C=O) groups excluding carboxylic acids is 1. The number of aryl methyl sites for hydroxylation is 3. The van der Waals surface area contributed by atoms with Gasteiger partial charge in [0.15, 0.2) is 0 Å². The molecular formula is C20H25NO2. The molecule has 0 heterocycles. The molecule has 0 spiro atoms. The van der Waals surface area contributed by atoms with Gasteiger partial charge in [0.1, 0.15) is 12.4 Å². The summed E-state index contributed by atoms with van der Waals surface area (Å²) in [5.74, 6) is 0.846. The number of nitrogens with one attached hydrogen (secondary N) is 1. The molecule has 0 radical (unpaired) electrons. The molecule has 0 fully saturated rings. The van der Waals surface area contributed by atoms with Gasteiger partial charge in [-0.15, -0.1) is 0 Å². The molecule has 2 aromatic rings. The van der Waals surface area contributed by atoms with E-state index in [0.717, 1.165) is 11.3 Å². The fourth-order valence-electron chi connectivity index (χ4n) is 2.32. The van der Waals surface area contributed by atoms with Crippen LogP contribution in [-0.4, -0.2) is 18.6 Å². The van der Waals surface area contributed by atoms with Crippen LogP contribution in [-0.2, 0) is 11.2 Å². The molecule has 1 N–H and O–H groups in total. The first-order valence-corrected chi connectivity index (χ1v) is 7.99. The maximum atomic E-state index is 12.1. The third kappa shape index (κ3) is 5.44. The van der Waals surface area contributed by atoms with Crippen molar-refractivity contribution in [1.29, 1.82) is 0 Å². The number of amides is 1. The summed E-state index contributed by atoms with van der Waals surface area (Å²) in [6.45, 7) is 8.59. The van der Waals surface area contributed by atoms with Crippen LogP contribution in [0.1, 0.15) is 29.2 Å². The lowest BCUT2D eigenvalue weighted by Crippen LogP contribution is -2.37. The molecule has 0 aliphatic carbocycles. The smallest absolute Gasteiger partial charge is 0.224 e. The van der Waals surface area contributed by atoms with E-state index in [-0.39, 0.29) is 11.9 Å². The molecule has 0 bridgehead atoms. The largest absolute Gasteiger partial charge is 0.491 e. The average Bonchev–Trinajstić information content (AvgIpc) is 2.50. The fourth-order valence-corrected chi connectivity index (χ4v) is 2.32. The number of benzene rings is 2. The van der Waals surface area contributed by atoms with Crippen molar-refractivity contribution in [2.24, 2.45) is 0 Å². The zero-order valence-electron chi connectivity index (χ0n) is 14.3. The van der Waals surface area contributed by atoms with Gasteiger partial charge in [0.25, 0.3) is 0 Å². The third-order valence-electron chi connectivity index (χ3n) is 3.86. The van der Waals surface area contributed by atoms with Gasteiger partial charge < -0.3 is 10.1 Å². The highest BCUT2D eigenvalue weighted by Gasteiger charge is 2.09. The Hall–Kier alpha value is -2.29. The van der Waals surface area contributed by atoms with Gasteiger partial charge in [-0.3, -0.25) is 4.79 Å². The standard InChI is InChI=1S/C20H25NO2/c1-14-5-9-19(10-6-14)23-13-17(4)21-20(22)12-18-8-7-15(2)16(3)11-18/h5-11,17H,12-13H2,1-4H3,(H,21,22)/t17-/m0/s1. The lowest BCUT2D eigenvalue weighted by molar-refractivity contribution is -0.121. The third-order valence-corrected chi connectivity index (χ3v) is 3.86. The summed E-state index contributed by atoms with van der Waals surface area (Å²) in [6.07, 6.45) is 0.399. The normalized spacial score (nSPS) is 11.8. The summed E-state index contributed by atoms with van der Waals surface area (Å²) in [7, 11) is 0. The number of carbonyl (C=O) groups is 1. The molecule has 1 amide bonds. The van der Waals surface area contributed by atoms with Crippen LogP contribution >= 0.6 is 0 Å². The van der Waals surface area contributed by atoms with E-state index in [1.54, 1.807) is 0 Å². The highest BCUT2D eigenvalue weighted by Crippen LogP contribution is 2.12. The molecule has 0 aliphatic heterocycles. The molecule has 23 heavy (non-hydrogen) atoms. The first kappa shape index (κ1) is 17.1. The molecular weight excluding hydrogens is 286 g/mol. The molecule has 3 nitrogen and oxygen atoms in total. The van der Waals surface area contributed by atoms with E-state index in [1.807, 2.05) is 44.2 Å². The number of hydrogen-bond acceptors (Lipinski definition) is 2. The van der Waals surface area contributed by atoms with Gasteiger partial charge in [-0.25, -0.2) is 0 Å². The fraction of sp³-hybridized carbons (Fsp3) is 0.350. The number of rotatable bonds is 6. The SMILES string of the molecule is Cc1ccc(OC[C@H](C)NC(=O)Cc2ccc(C)c(C)c2)cc1. The predicted molar refractivity (Wildman–Crippen MR) is 93.9 cm³/mol. The van der Waals surface area contributed by atoms with Crippen molar-refractivity contribution in [3.05, 3.63) is 64.7 Å². The minimum Gasteiger partial charge on any atom is -0.491 e. The Balaban J connectivity index is 1.79. The van der Waals surface area contributed by atoms with E-state index < -0.39 is 0 Å². The van der Waals surface area contributed by atoms with Crippen molar-refractivity contribution < 1.29 is 9.53 Å². The Bertz CT molecular complexity index is 662. The minimum atomic E-state index is -0.0321. The topological polar surface area (TPSA) is 38.3 Å². The van der Waals surface area contributed by atoms with E-state index in [2.05, 4.69) is 31.3 Å². The van der Waals surface area contributed by atoms with Crippen LogP contribution in [0.25, 0.3) is 0 Å². The van der Waals surface area contributed by atoms with E-state index in [1.165, 1.54) is 16.7 Å². The zero-order chi connectivity index (χ0) is 16.8. The highest BCUT2D eigenvalue weighted by molar-refractivity contribution is 5.78. The van der Waals surface area contributed by atoms with E-state index in [4.69, 9.17) is 4.74 Å². The summed E-state index contributed by atoms with van der Waals surface area (Å²) < 4.78 is 5.69. The van der Waals surface area contributed by atoms with Crippen LogP contribution in [0.3, 0.4) is 0 Å². The van der Waals surface area contributed by atoms with Crippen molar-refractivity contribution in [1.82, 2.24) is 5.32 Å². The molecule has 0 saturated heterocycles. The van der Waals surface area contributed by atoms with Gasteiger partial charge in [0.05, 0.1) is 12.5 Å². The van der Waals surface area contributed by atoms with Gasteiger partial charge in [0, 0.05) is 0 Å². The molecule has 0 unspecified atom stereocenters. The Labute approximate surface area is 138 Å². The summed E-state index contributed by atoms with van der Waals surface area (Å²) in [5.41, 5.74) is 4.70. The second kappa shape index (κ2) is 7.82. The minimum absolute atomic E-state index is 0.0215. The van der Waals surface area contributed by atoms with E-state index in [0.29, 0.717) is 13.0 Å². The maximum Gasteiger partial charge on any atom is 0.224 e. The molecule has 0 saturated carbocycles. The first-order chi connectivity index (χ1) is 10.9. The van der Waals surface area contributed by atoms with Gasteiger partial charge in [-0.05, 0) is 56.5 Å². The summed E-state index contributed by atoms with van der Waals surface area (Å²) in [6, 6.07) is 14.0. The molecule has 0 aromatic heterocycles. The summed E-state index contributed by atoms with van der Waals surface area (Å²) in [4.78, 5) is 12.1. The van der Waals surface area contributed by atoms with Crippen LogP contribution in [0.5, 0.6) is 5.75 Å². The summed E-state index contributed by atoms with van der Waals surface area (Å²) in [5, 5.41) is 2.98. The number of hydrogen-bond donors (Lipinski definition) is 1. The van der Waals surface area contributed by atoms with Crippen molar-refractivity contribution in [2.75, 3.05) is 6.61 Å². The Morgan fingerprint density at radius 3 is 2.39 bits per heavy atom. The number of ether oxygens (including phenoxy) is 1. The van der Waals surface area contributed by atoms with E-state index in [9.17, 15) is 4.79 Å². The second-order valence-electron chi connectivity index (χ2n) is 6.19. The summed E-state index contributed by atoms with van der Waals surface area (Å²) >= 11 is 0. The lowest BCUT2D eigenvalue weighted by atomic mass is 10.0. The Morgan fingerprint density at radius 1 is 1.04 bits per heavy atom. The van der Waals surface area contributed by atoms with Crippen LogP contribution < -0.4 is 10.1 Å². The van der Waals surface area contributed by atoms with Crippen molar-refractivity contribution in [3.63, 3.8) is 0 Å². The van der Waals surface area contributed by atoms with Gasteiger partial charge in [-0.2, -0.15) is 0 Å². The predicted octanol–water partition coefficient (Wildman–Crippen LogP) is 3.74. The Kier molecular flexibility index (Phi) is 5.80. The molecule has 3 heteroatoms. The van der Waals surface area contributed by atoms with Crippen LogP contribution in [0.2, 0.25) is 0 Å². The molecule has 0 aliphatic rings. The van der Waals surface area contributed by atoms with E-state index >= 15 is 0 Å². The molecule has 122 valence electrons. The van der Waals surface area contributed by atoms with Crippen LogP contribution in [0, 0.1) is 20.8 Å². The van der Waals surface area contributed by atoms with Gasteiger partial charge in [-0.1, -0.05) is 35.9 Å². The first-order valence-electron chi connectivity index (χ1n) is 7.99. The highest BCUT2D eigenvalue weighted by atomic mass is 16.5. The van der Waals surface area contributed by atoms with Gasteiger partial charge in [0.2, 0.25) is 5.91 Å². The lowest BCUT2D eigenvalue weighted by Gasteiger charge is -2.15. The van der Waals surface area contributed by atoms with Crippen molar-refractivity contribution in [2.45, 2.75) is 40.2 Å². The maximum absolute atomic E-state index is 12.1. The average molecular weight is 311 g/mol.